The van der Waals surface area contributed by atoms with Gasteiger partial charge in [-0.1, -0.05) is 17.4 Å². The molecule has 7 nitrogen and oxygen atoms in total. The van der Waals surface area contributed by atoms with E-state index >= 15 is 0 Å². The fourth-order valence-electron chi connectivity index (χ4n) is 1.67. The van der Waals surface area contributed by atoms with Crippen molar-refractivity contribution in [3.63, 3.8) is 0 Å². The Labute approximate surface area is 112 Å². The van der Waals surface area contributed by atoms with Crippen LogP contribution >= 0.6 is 11.3 Å². The second-order valence-electron chi connectivity index (χ2n) is 3.87. The van der Waals surface area contributed by atoms with Crippen molar-refractivity contribution < 1.29 is 9.90 Å². The third kappa shape index (κ3) is 3.24. The van der Waals surface area contributed by atoms with Crippen LogP contribution in [-0.4, -0.2) is 43.7 Å². The molecule has 0 radical (unpaired) electrons. The zero-order chi connectivity index (χ0) is 13.8. The highest BCUT2D eigenvalue weighted by molar-refractivity contribution is 7.14. The van der Waals surface area contributed by atoms with Crippen molar-refractivity contribution in [2.45, 2.75) is 6.54 Å². The average molecular weight is 280 g/mol. The Morgan fingerprint density at radius 3 is 3.11 bits per heavy atom. The fourth-order valence-corrected chi connectivity index (χ4v) is 2.31. The number of carbonyl (C=O) groups is 1. The number of fused-ring (bicyclic) bond motifs is 1. The van der Waals surface area contributed by atoms with Crippen molar-refractivity contribution in [3.05, 3.63) is 40.3 Å². The van der Waals surface area contributed by atoms with Crippen molar-refractivity contribution in [3.8, 4) is 0 Å². The molecule has 0 unspecified atom stereocenters. The molecule has 2 aromatic rings. The van der Waals surface area contributed by atoms with Crippen LogP contribution in [0.2, 0.25) is 0 Å². The molecule has 100 valence electrons. The molecular weight excluding hydrogens is 268 g/mol. The highest BCUT2D eigenvalue weighted by Crippen LogP contribution is 2.06. The van der Waals surface area contributed by atoms with Gasteiger partial charge in [0.1, 0.15) is 5.51 Å². The lowest BCUT2D eigenvalue weighted by molar-refractivity contribution is -0.138. The van der Waals surface area contributed by atoms with Gasteiger partial charge in [-0.2, -0.15) is 9.61 Å². The Balaban J connectivity index is 2.25. The molecule has 19 heavy (non-hydrogen) atoms. The summed E-state index contributed by atoms with van der Waals surface area (Å²) in [7, 11) is 0. The van der Waals surface area contributed by atoms with Gasteiger partial charge >= 0.3 is 5.97 Å². The van der Waals surface area contributed by atoms with Crippen molar-refractivity contribution in [2.24, 2.45) is 0 Å². The van der Waals surface area contributed by atoms with Crippen LogP contribution in [0.25, 0.3) is 4.96 Å². The van der Waals surface area contributed by atoms with Crippen LogP contribution in [0.4, 0.5) is 0 Å². The minimum atomic E-state index is -0.933. The Morgan fingerprint density at radius 1 is 1.63 bits per heavy atom. The van der Waals surface area contributed by atoms with E-state index in [4.69, 9.17) is 5.11 Å². The summed E-state index contributed by atoms with van der Waals surface area (Å²) in [6.07, 6.45) is 1.61. The molecule has 0 bridgehead atoms. The first kappa shape index (κ1) is 13.4. The maximum Gasteiger partial charge on any atom is 0.317 e. The van der Waals surface area contributed by atoms with Gasteiger partial charge in [0.25, 0.3) is 5.56 Å². The van der Waals surface area contributed by atoms with Gasteiger partial charge < -0.3 is 5.11 Å². The molecule has 2 rings (SSSR count). The predicted molar refractivity (Wildman–Crippen MR) is 70.2 cm³/mol. The quantitative estimate of drug-likeness (QED) is 0.762. The number of aliphatic carboxylic acids is 1. The molecular formula is C11H12N4O3S. The average Bonchev–Trinajstić information content (AvgIpc) is 2.77. The molecule has 2 aromatic heterocycles. The summed E-state index contributed by atoms with van der Waals surface area (Å²) in [6, 6.07) is 1.37. The lowest BCUT2D eigenvalue weighted by atomic mass is 10.3. The number of rotatable bonds is 6. The summed E-state index contributed by atoms with van der Waals surface area (Å²) < 4.78 is 1.21. The molecule has 0 atom stereocenters. The molecule has 0 aliphatic rings. The summed E-state index contributed by atoms with van der Waals surface area (Å²) in [6.45, 7) is 4.14. The number of hydrogen-bond donors (Lipinski definition) is 1. The van der Waals surface area contributed by atoms with E-state index in [9.17, 15) is 9.59 Å². The highest BCUT2D eigenvalue weighted by Gasteiger charge is 2.11. The Hall–Kier alpha value is -2.06. The zero-order valence-electron chi connectivity index (χ0n) is 10.0. The van der Waals surface area contributed by atoms with Crippen LogP contribution in [0.15, 0.2) is 29.0 Å². The lowest BCUT2D eigenvalue weighted by Gasteiger charge is -2.17. The number of nitrogens with zero attached hydrogens (tertiary/aromatic N) is 4. The van der Waals surface area contributed by atoms with E-state index in [0.717, 1.165) is 0 Å². The van der Waals surface area contributed by atoms with Gasteiger partial charge in [0, 0.05) is 19.2 Å². The standard InChI is InChI=1S/C11H12N4O3S/c1-2-3-14(6-10(17)18)5-8-4-9(16)15-11(13-8)19-7-12-15/h2,4,7H,1,3,5-6H2,(H,17,18). The van der Waals surface area contributed by atoms with Crippen LogP contribution in [-0.2, 0) is 11.3 Å². The van der Waals surface area contributed by atoms with Gasteiger partial charge in [-0.15, -0.1) is 6.58 Å². The number of hydrogen-bond acceptors (Lipinski definition) is 6. The third-order valence-electron chi connectivity index (χ3n) is 2.37. The first-order valence-electron chi connectivity index (χ1n) is 5.47. The van der Waals surface area contributed by atoms with E-state index in [1.54, 1.807) is 11.0 Å². The molecule has 0 fully saturated rings. The molecule has 0 saturated heterocycles. The first-order valence-corrected chi connectivity index (χ1v) is 6.35. The maximum absolute atomic E-state index is 11.7. The first-order chi connectivity index (χ1) is 9.10. The van der Waals surface area contributed by atoms with Gasteiger partial charge in [-0.3, -0.25) is 14.5 Å². The van der Waals surface area contributed by atoms with Crippen LogP contribution in [0.1, 0.15) is 5.69 Å². The SMILES string of the molecule is C=CCN(CC(=O)O)Cc1cc(=O)n2ncsc2n1. The third-order valence-corrected chi connectivity index (χ3v) is 3.05. The molecule has 0 amide bonds. The van der Waals surface area contributed by atoms with Crippen molar-refractivity contribution >= 4 is 22.3 Å². The van der Waals surface area contributed by atoms with E-state index < -0.39 is 5.97 Å². The summed E-state index contributed by atoms with van der Waals surface area (Å²) in [4.78, 5) is 28.9. The van der Waals surface area contributed by atoms with Gasteiger partial charge in [-0.25, -0.2) is 4.98 Å². The van der Waals surface area contributed by atoms with Crippen molar-refractivity contribution in [1.29, 1.82) is 0 Å². The molecule has 2 heterocycles. The molecule has 1 N–H and O–H groups in total. The van der Waals surface area contributed by atoms with Gasteiger partial charge in [0.15, 0.2) is 0 Å². The number of aromatic nitrogens is 3. The van der Waals surface area contributed by atoms with E-state index in [-0.39, 0.29) is 18.6 Å². The van der Waals surface area contributed by atoms with Crippen LogP contribution in [0, 0.1) is 0 Å². The lowest BCUT2D eigenvalue weighted by Crippen LogP contribution is -2.30. The predicted octanol–water partition coefficient (Wildman–Crippen LogP) is 0.224. The van der Waals surface area contributed by atoms with E-state index in [1.807, 2.05) is 0 Å². The van der Waals surface area contributed by atoms with Gasteiger partial charge in [-0.05, 0) is 0 Å². The minimum Gasteiger partial charge on any atom is -0.480 e. The second kappa shape index (κ2) is 5.72. The van der Waals surface area contributed by atoms with Gasteiger partial charge in [0.2, 0.25) is 4.96 Å². The monoisotopic (exact) mass is 280 g/mol. The van der Waals surface area contributed by atoms with Crippen LogP contribution < -0.4 is 5.56 Å². The summed E-state index contributed by atoms with van der Waals surface area (Å²) in [5.74, 6) is -0.933. The Kier molecular flexibility index (Phi) is 4.03. The van der Waals surface area contributed by atoms with Crippen molar-refractivity contribution in [2.75, 3.05) is 13.1 Å². The molecule has 8 heteroatoms. The maximum atomic E-state index is 11.7. The fraction of sp³-hybridized carbons (Fsp3) is 0.273. The molecule has 0 aliphatic heterocycles. The second-order valence-corrected chi connectivity index (χ2v) is 4.68. The summed E-state index contributed by atoms with van der Waals surface area (Å²) in [5.41, 5.74) is 1.79. The molecule has 0 spiro atoms. The largest absolute Gasteiger partial charge is 0.480 e. The smallest absolute Gasteiger partial charge is 0.317 e. The molecule has 0 aliphatic carbocycles. The summed E-state index contributed by atoms with van der Waals surface area (Å²) >= 11 is 1.26. The highest BCUT2D eigenvalue weighted by atomic mass is 32.1. The minimum absolute atomic E-state index is 0.129. The van der Waals surface area contributed by atoms with E-state index in [1.165, 1.54) is 27.4 Å². The van der Waals surface area contributed by atoms with Crippen molar-refractivity contribution in [1.82, 2.24) is 19.5 Å². The van der Waals surface area contributed by atoms with Crippen LogP contribution in [0.5, 0.6) is 0 Å². The number of carboxylic acid groups (broad SMARTS) is 1. The van der Waals surface area contributed by atoms with Crippen LogP contribution in [0.3, 0.4) is 0 Å². The topological polar surface area (TPSA) is 87.8 Å². The normalized spacial score (nSPS) is 11.0. The zero-order valence-corrected chi connectivity index (χ0v) is 10.8. The van der Waals surface area contributed by atoms with E-state index in [0.29, 0.717) is 17.2 Å². The summed E-state index contributed by atoms with van der Waals surface area (Å²) in [5, 5.41) is 12.7. The Bertz CT molecular complexity index is 663. The molecule has 0 saturated carbocycles. The van der Waals surface area contributed by atoms with Gasteiger partial charge in [0.05, 0.1) is 12.2 Å². The Morgan fingerprint density at radius 2 is 2.42 bits per heavy atom. The molecule has 0 aromatic carbocycles. The van der Waals surface area contributed by atoms with E-state index in [2.05, 4.69) is 16.7 Å². The number of carboxylic acids is 1.